The first-order valence-corrected chi connectivity index (χ1v) is 3.84. The summed E-state index contributed by atoms with van der Waals surface area (Å²) in [6, 6.07) is 1.04. The molecule has 0 saturated carbocycles. The highest BCUT2D eigenvalue weighted by Crippen LogP contribution is 2.21. The van der Waals surface area contributed by atoms with Gasteiger partial charge >= 0.3 is 6.03 Å². The van der Waals surface area contributed by atoms with Gasteiger partial charge in [-0.1, -0.05) is 0 Å². The van der Waals surface area contributed by atoms with E-state index in [4.69, 9.17) is 0 Å². The van der Waals surface area contributed by atoms with E-state index in [0.717, 1.165) is 19.4 Å². The standard InChI is InChI=1S/C7H12N2O/c1-5-2-3-6-4-9(5)7(10)8-6/h5-6H,2-4H2,1H3,(H,8,10)/t5-,6+/m1/s1. The van der Waals surface area contributed by atoms with Crippen LogP contribution in [0.25, 0.3) is 0 Å². The van der Waals surface area contributed by atoms with Crippen LogP contribution in [-0.4, -0.2) is 29.6 Å². The monoisotopic (exact) mass is 140 g/mol. The molecule has 2 bridgehead atoms. The summed E-state index contributed by atoms with van der Waals surface area (Å²) >= 11 is 0. The number of urea groups is 1. The van der Waals surface area contributed by atoms with Gasteiger partial charge in [0, 0.05) is 18.6 Å². The molecule has 10 heavy (non-hydrogen) atoms. The normalized spacial score (nSPS) is 38.1. The Morgan fingerprint density at radius 3 is 3.10 bits per heavy atom. The van der Waals surface area contributed by atoms with Gasteiger partial charge in [-0.3, -0.25) is 0 Å². The van der Waals surface area contributed by atoms with Crippen LogP contribution in [-0.2, 0) is 0 Å². The average molecular weight is 140 g/mol. The Morgan fingerprint density at radius 2 is 2.40 bits per heavy atom. The van der Waals surface area contributed by atoms with Gasteiger partial charge in [-0.2, -0.15) is 0 Å². The average Bonchev–Trinajstić information content (AvgIpc) is 2.21. The highest BCUT2D eigenvalue weighted by atomic mass is 16.2. The van der Waals surface area contributed by atoms with Crippen LogP contribution in [0.4, 0.5) is 4.79 Å². The first-order chi connectivity index (χ1) is 4.77. The molecule has 0 aromatic heterocycles. The summed E-state index contributed by atoms with van der Waals surface area (Å²) in [6.45, 7) is 3.04. The van der Waals surface area contributed by atoms with E-state index in [0.29, 0.717) is 12.1 Å². The predicted molar refractivity (Wildman–Crippen MR) is 37.7 cm³/mol. The lowest BCUT2D eigenvalue weighted by molar-refractivity contribution is 0.191. The van der Waals surface area contributed by atoms with E-state index in [-0.39, 0.29) is 6.03 Å². The third-order valence-corrected chi connectivity index (χ3v) is 2.47. The van der Waals surface area contributed by atoms with Gasteiger partial charge in [-0.05, 0) is 19.8 Å². The Balaban J connectivity index is 2.17. The van der Waals surface area contributed by atoms with E-state index in [1.165, 1.54) is 0 Å². The van der Waals surface area contributed by atoms with Gasteiger partial charge in [-0.25, -0.2) is 4.79 Å². The number of hydrogen-bond acceptors (Lipinski definition) is 1. The summed E-state index contributed by atoms with van der Waals surface area (Å²) in [4.78, 5) is 13.0. The number of piperidine rings is 1. The van der Waals surface area contributed by atoms with Crippen LogP contribution in [0.2, 0.25) is 0 Å². The largest absolute Gasteiger partial charge is 0.333 e. The molecule has 2 saturated heterocycles. The van der Waals surface area contributed by atoms with Crippen LogP contribution in [0.15, 0.2) is 0 Å². The van der Waals surface area contributed by atoms with Crippen molar-refractivity contribution in [2.45, 2.75) is 31.8 Å². The number of fused-ring (bicyclic) bond motifs is 2. The molecular weight excluding hydrogens is 128 g/mol. The molecule has 2 atom stereocenters. The molecule has 2 aliphatic heterocycles. The van der Waals surface area contributed by atoms with E-state index >= 15 is 0 Å². The van der Waals surface area contributed by atoms with Crippen molar-refractivity contribution in [3.63, 3.8) is 0 Å². The minimum Gasteiger partial charge on any atom is -0.333 e. The van der Waals surface area contributed by atoms with Crippen molar-refractivity contribution in [3.8, 4) is 0 Å². The Hall–Kier alpha value is -0.730. The second-order valence-electron chi connectivity index (χ2n) is 3.23. The summed E-state index contributed by atoms with van der Waals surface area (Å²) in [5, 5.41) is 2.93. The third-order valence-electron chi connectivity index (χ3n) is 2.47. The van der Waals surface area contributed by atoms with Gasteiger partial charge < -0.3 is 10.2 Å². The molecule has 0 aromatic rings. The van der Waals surface area contributed by atoms with Crippen molar-refractivity contribution >= 4 is 6.03 Å². The second kappa shape index (κ2) is 1.87. The minimum absolute atomic E-state index is 0.134. The zero-order chi connectivity index (χ0) is 7.14. The van der Waals surface area contributed by atoms with Crippen molar-refractivity contribution in [2.24, 2.45) is 0 Å². The Bertz CT molecular complexity index is 169. The fourth-order valence-electron chi connectivity index (χ4n) is 1.77. The number of carbonyl (C=O) groups excluding carboxylic acids is 1. The van der Waals surface area contributed by atoms with Gasteiger partial charge in [0.1, 0.15) is 0 Å². The van der Waals surface area contributed by atoms with E-state index in [1.807, 2.05) is 4.90 Å². The summed E-state index contributed by atoms with van der Waals surface area (Å²) in [7, 11) is 0. The maximum Gasteiger partial charge on any atom is 0.317 e. The number of rotatable bonds is 0. The topological polar surface area (TPSA) is 32.3 Å². The van der Waals surface area contributed by atoms with Crippen LogP contribution in [0.5, 0.6) is 0 Å². The Labute approximate surface area is 60.4 Å². The highest BCUT2D eigenvalue weighted by molar-refractivity contribution is 5.77. The second-order valence-corrected chi connectivity index (χ2v) is 3.23. The lowest BCUT2D eigenvalue weighted by atomic mass is 10.0. The summed E-state index contributed by atoms with van der Waals surface area (Å²) < 4.78 is 0. The van der Waals surface area contributed by atoms with Gasteiger partial charge in [0.05, 0.1) is 0 Å². The maximum atomic E-state index is 11.1. The lowest BCUT2D eigenvalue weighted by Gasteiger charge is -2.27. The van der Waals surface area contributed by atoms with Crippen molar-refractivity contribution in [1.29, 1.82) is 0 Å². The lowest BCUT2D eigenvalue weighted by Crippen LogP contribution is -2.37. The molecular formula is C7H12N2O. The first-order valence-electron chi connectivity index (χ1n) is 3.84. The molecule has 0 unspecified atom stereocenters. The van der Waals surface area contributed by atoms with Crippen molar-refractivity contribution < 1.29 is 4.79 Å². The van der Waals surface area contributed by atoms with Crippen LogP contribution >= 0.6 is 0 Å². The van der Waals surface area contributed by atoms with Crippen LogP contribution < -0.4 is 5.32 Å². The predicted octanol–water partition coefficient (Wildman–Crippen LogP) is 0.562. The zero-order valence-corrected chi connectivity index (χ0v) is 6.13. The Morgan fingerprint density at radius 1 is 1.60 bits per heavy atom. The molecule has 2 fully saturated rings. The molecule has 0 spiro atoms. The Kier molecular flexibility index (Phi) is 1.13. The van der Waals surface area contributed by atoms with Gasteiger partial charge in [0.15, 0.2) is 0 Å². The van der Waals surface area contributed by atoms with E-state index in [1.54, 1.807) is 0 Å². The van der Waals surface area contributed by atoms with E-state index in [9.17, 15) is 4.79 Å². The number of carbonyl (C=O) groups is 1. The summed E-state index contributed by atoms with van der Waals surface area (Å²) in [6.07, 6.45) is 2.31. The molecule has 1 N–H and O–H groups in total. The SMILES string of the molecule is C[C@@H]1CC[C@H]2CN1C(=O)N2. The molecule has 2 rings (SSSR count). The van der Waals surface area contributed by atoms with Crippen LogP contribution in [0, 0.1) is 0 Å². The fourth-order valence-corrected chi connectivity index (χ4v) is 1.77. The molecule has 2 heterocycles. The molecule has 3 heteroatoms. The number of hydrogen-bond donors (Lipinski definition) is 1. The smallest absolute Gasteiger partial charge is 0.317 e. The van der Waals surface area contributed by atoms with E-state index < -0.39 is 0 Å². The van der Waals surface area contributed by atoms with Gasteiger partial charge in [-0.15, -0.1) is 0 Å². The van der Waals surface area contributed by atoms with Gasteiger partial charge in [0.2, 0.25) is 0 Å². The van der Waals surface area contributed by atoms with Crippen molar-refractivity contribution in [1.82, 2.24) is 10.2 Å². The fraction of sp³-hybridized carbons (Fsp3) is 0.857. The van der Waals surface area contributed by atoms with Crippen molar-refractivity contribution in [2.75, 3.05) is 6.54 Å². The van der Waals surface area contributed by atoms with Gasteiger partial charge in [0.25, 0.3) is 0 Å². The molecule has 0 aliphatic carbocycles. The molecule has 56 valence electrons. The molecule has 2 aliphatic rings. The maximum absolute atomic E-state index is 11.1. The quantitative estimate of drug-likeness (QED) is 0.524. The highest BCUT2D eigenvalue weighted by Gasteiger charge is 2.35. The minimum atomic E-state index is 0.134. The number of amides is 2. The first kappa shape index (κ1) is 6.01. The summed E-state index contributed by atoms with van der Waals surface area (Å²) in [5.41, 5.74) is 0. The summed E-state index contributed by atoms with van der Waals surface area (Å²) in [5.74, 6) is 0. The molecule has 2 amide bonds. The number of nitrogens with one attached hydrogen (secondary N) is 1. The molecule has 0 aromatic carbocycles. The number of nitrogens with zero attached hydrogens (tertiary/aromatic N) is 1. The molecule has 3 nitrogen and oxygen atoms in total. The third kappa shape index (κ3) is 0.696. The van der Waals surface area contributed by atoms with E-state index in [2.05, 4.69) is 12.2 Å². The van der Waals surface area contributed by atoms with Crippen molar-refractivity contribution in [3.05, 3.63) is 0 Å². The van der Waals surface area contributed by atoms with Crippen LogP contribution in [0.3, 0.4) is 0 Å². The molecule has 0 radical (unpaired) electrons. The zero-order valence-electron chi connectivity index (χ0n) is 6.13. The van der Waals surface area contributed by atoms with Crippen LogP contribution in [0.1, 0.15) is 19.8 Å².